The van der Waals surface area contributed by atoms with Gasteiger partial charge in [0.1, 0.15) is 0 Å². The lowest BCUT2D eigenvalue weighted by Gasteiger charge is -2.35. The van der Waals surface area contributed by atoms with Crippen LogP contribution >= 0.6 is 0 Å². The molecule has 0 saturated carbocycles. The fourth-order valence-electron chi connectivity index (χ4n) is 3.65. The smallest absolute Gasteiger partial charge is 0.0401 e. The van der Waals surface area contributed by atoms with E-state index in [1.54, 1.807) is 0 Å². The molecule has 1 aliphatic rings. The van der Waals surface area contributed by atoms with Crippen molar-refractivity contribution in [3.63, 3.8) is 0 Å². The van der Waals surface area contributed by atoms with E-state index >= 15 is 0 Å². The summed E-state index contributed by atoms with van der Waals surface area (Å²) in [6.07, 6.45) is 3.76. The van der Waals surface area contributed by atoms with E-state index in [0.29, 0.717) is 0 Å². The second-order valence-electron chi connectivity index (χ2n) is 8.21. The Bertz CT molecular complexity index is 658. The van der Waals surface area contributed by atoms with Crippen LogP contribution in [0.3, 0.4) is 0 Å². The molecule has 0 aliphatic carbocycles. The Morgan fingerprint density at radius 3 is 2.29 bits per heavy atom. The molecule has 0 aromatic heterocycles. The van der Waals surface area contributed by atoms with E-state index in [1.165, 1.54) is 36.1 Å². The number of piperidine rings is 1. The summed E-state index contributed by atoms with van der Waals surface area (Å²) in [5, 5.41) is 0. The number of rotatable bonds is 3. The topological polar surface area (TPSA) is 3.24 Å². The van der Waals surface area contributed by atoms with Crippen LogP contribution < -0.4 is 4.90 Å². The molecule has 0 N–H and O–H groups in total. The first kappa shape index (κ1) is 17.1. The lowest BCUT2D eigenvalue weighted by Crippen LogP contribution is -2.35. The van der Waals surface area contributed by atoms with Gasteiger partial charge >= 0.3 is 0 Å². The van der Waals surface area contributed by atoms with E-state index in [1.807, 2.05) is 0 Å². The van der Waals surface area contributed by atoms with Crippen LogP contribution in [0.1, 0.15) is 50.3 Å². The summed E-state index contributed by atoms with van der Waals surface area (Å²) in [6, 6.07) is 17.7. The van der Waals surface area contributed by atoms with Gasteiger partial charge in [-0.3, -0.25) is 0 Å². The summed E-state index contributed by atoms with van der Waals surface area (Å²) in [6.45, 7) is 13.4. The minimum Gasteiger partial charge on any atom is -0.371 e. The molecule has 0 spiro atoms. The third-order valence-corrected chi connectivity index (χ3v) is 5.27. The van der Waals surface area contributed by atoms with Crippen LogP contribution in [-0.4, -0.2) is 13.1 Å². The highest BCUT2D eigenvalue weighted by Crippen LogP contribution is 2.32. The van der Waals surface area contributed by atoms with Gasteiger partial charge < -0.3 is 4.90 Å². The minimum absolute atomic E-state index is 0.189. The average molecular weight is 321 g/mol. The lowest BCUT2D eigenvalue weighted by molar-refractivity contribution is 0.403. The van der Waals surface area contributed by atoms with Gasteiger partial charge in [0.2, 0.25) is 0 Å². The fourth-order valence-corrected chi connectivity index (χ4v) is 3.65. The molecular formula is C23H30N. The Labute approximate surface area is 147 Å². The Morgan fingerprint density at radius 2 is 1.67 bits per heavy atom. The van der Waals surface area contributed by atoms with E-state index in [2.05, 4.69) is 81.1 Å². The fraction of sp³-hybridized carbons (Fsp3) is 0.435. The van der Waals surface area contributed by atoms with E-state index < -0.39 is 0 Å². The Kier molecular flexibility index (Phi) is 4.99. The molecule has 0 amide bonds. The molecule has 2 aromatic carbocycles. The van der Waals surface area contributed by atoms with Gasteiger partial charge in [0.25, 0.3) is 0 Å². The quantitative estimate of drug-likeness (QED) is 0.709. The van der Waals surface area contributed by atoms with Crippen molar-refractivity contribution in [3.05, 3.63) is 72.1 Å². The molecule has 1 radical (unpaired) electrons. The van der Waals surface area contributed by atoms with Crippen LogP contribution in [0.25, 0.3) is 0 Å². The summed E-state index contributed by atoms with van der Waals surface area (Å²) in [7, 11) is 0. The SMILES string of the molecule is [CH2]c1ccc(C(C)(C)C)cc1N1CCC(Cc2ccccc2)CC1. The zero-order chi connectivity index (χ0) is 17.2. The van der Waals surface area contributed by atoms with Crippen molar-refractivity contribution in [2.75, 3.05) is 18.0 Å². The molecular weight excluding hydrogens is 290 g/mol. The van der Waals surface area contributed by atoms with Crippen molar-refractivity contribution in [3.8, 4) is 0 Å². The van der Waals surface area contributed by atoms with Crippen molar-refractivity contribution in [2.45, 2.75) is 45.4 Å². The number of hydrogen-bond acceptors (Lipinski definition) is 1. The van der Waals surface area contributed by atoms with Gasteiger partial charge in [-0.25, -0.2) is 0 Å². The van der Waals surface area contributed by atoms with Crippen LogP contribution in [0.2, 0.25) is 0 Å². The van der Waals surface area contributed by atoms with Gasteiger partial charge in [0.15, 0.2) is 0 Å². The van der Waals surface area contributed by atoms with E-state index in [4.69, 9.17) is 0 Å². The maximum absolute atomic E-state index is 4.26. The second-order valence-corrected chi connectivity index (χ2v) is 8.21. The normalized spacial score (nSPS) is 16.4. The molecule has 127 valence electrons. The molecule has 0 bridgehead atoms. The molecule has 1 aliphatic heterocycles. The summed E-state index contributed by atoms with van der Waals surface area (Å²) >= 11 is 0. The van der Waals surface area contributed by atoms with Crippen molar-refractivity contribution in [1.82, 2.24) is 0 Å². The van der Waals surface area contributed by atoms with Crippen LogP contribution in [-0.2, 0) is 11.8 Å². The average Bonchev–Trinajstić information content (AvgIpc) is 2.56. The molecule has 1 heterocycles. The molecule has 24 heavy (non-hydrogen) atoms. The summed E-state index contributed by atoms with van der Waals surface area (Å²) in [5.41, 5.74) is 5.55. The van der Waals surface area contributed by atoms with Gasteiger partial charge in [0.05, 0.1) is 0 Å². The number of anilines is 1. The third-order valence-electron chi connectivity index (χ3n) is 5.27. The van der Waals surface area contributed by atoms with E-state index in [9.17, 15) is 0 Å². The second kappa shape index (κ2) is 7.01. The molecule has 1 saturated heterocycles. The third kappa shape index (κ3) is 4.01. The summed E-state index contributed by atoms with van der Waals surface area (Å²) in [5.74, 6) is 0.808. The van der Waals surface area contributed by atoms with Gasteiger partial charge in [-0.05, 0) is 60.3 Å². The molecule has 0 unspecified atom stereocenters. The van der Waals surface area contributed by atoms with Crippen molar-refractivity contribution in [2.24, 2.45) is 5.92 Å². The zero-order valence-corrected chi connectivity index (χ0v) is 15.4. The number of nitrogens with zero attached hydrogens (tertiary/aromatic N) is 1. The number of hydrogen-bond donors (Lipinski definition) is 0. The zero-order valence-electron chi connectivity index (χ0n) is 15.4. The molecule has 1 nitrogen and oxygen atoms in total. The van der Waals surface area contributed by atoms with Crippen LogP contribution in [0.15, 0.2) is 48.5 Å². The summed E-state index contributed by atoms with van der Waals surface area (Å²) < 4.78 is 0. The highest BCUT2D eigenvalue weighted by Gasteiger charge is 2.22. The highest BCUT2D eigenvalue weighted by atomic mass is 15.1. The largest absolute Gasteiger partial charge is 0.371 e. The molecule has 1 fully saturated rings. The van der Waals surface area contributed by atoms with E-state index in [-0.39, 0.29) is 5.41 Å². The van der Waals surface area contributed by atoms with Crippen LogP contribution in [0, 0.1) is 12.8 Å². The number of benzene rings is 2. The monoisotopic (exact) mass is 320 g/mol. The summed E-state index contributed by atoms with van der Waals surface area (Å²) in [4.78, 5) is 2.54. The maximum Gasteiger partial charge on any atom is 0.0401 e. The van der Waals surface area contributed by atoms with Gasteiger partial charge in [-0.2, -0.15) is 0 Å². The highest BCUT2D eigenvalue weighted by molar-refractivity contribution is 5.58. The molecule has 0 atom stereocenters. The first-order valence-corrected chi connectivity index (χ1v) is 9.19. The Morgan fingerprint density at radius 1 is 1.00 bits per heavy atom. The molecule has 3 rings (SSSR count). The van der Waals surface area contributed by atoms with Crippen LogP contribution in [0.5, 0.6) is 0 Å². The Balaban J connectivity index is 1.66. The van der Waals surface area contributed by atoms with E-state index in [0.717, 1.165) is 24.6 Å². The Hall–Kier alpha value is -1.76. The minimum atomic E-state index is 0.189. The predicted molar refractivity (Wildman–Crippen MR) is 105 cm³/mol. The van der Waals surface area contributed by atoms with Gasteiger partial charge in [-0.1, -0.05) is 63.2 Å². The molecule has 2 aromatic rings. The first-order valence-electron chi connectivity index (χ1n) is 9.19. The van der Waals surface area contributed by atoms with Gasteiger partial charge in [0, 0.05) is 18.8 Å². The van der Waals surface area contributed by atoms with Gasteiger partial charge in [-0.15, -0.1) is 0 Å². The maximum atomic E-state index is 4.26. The first-order chi connectivity index (χ1) is 11.4. The van der Waals surface area contributed by atoms with Crippen LogP contribution in [0.4, 0.5) is 5.69 Å². The van der Waals surface area contributed by atoms with Crippen molar-refractivity contribution >= 4 is 5.69 Å². The predicted octanol–water partition coefficient (Wildman–Crippen LogP) is 5.63. The lowest BCUT2D eigenvalue weighted by atomic mass is 9.85. The standard InChI is InChI=1S/C23H30N/c1-18-10-11-21(23(2,3)4)17-22(18)24-14-12-20(13-15-24)16-19-8-6-5-7-9-19/h5-11,17,20H,1,12-16H2,2-4H3. The molecule has 1 heteroatoms. The van der Waals surface area contributed by atoms with Crippen molar-refractivity contribution in [1.29, 1.82) is 0 Å². The van der Waals surface area contributed by atoms with Crippen molar-refractivity contribution < 1.29 is 0 Å².